The molecule has 0 spiro atoms. The SMILES string of the molecule is Nc1nc2c(c(=O)[nH]1)N[C@H]1C(=S)C(S)[C@@H](COP(=O)(O)OP(=O)(O)OC[C@H]3O[C@@H](n4cnc5c(=O)[nH]c(N)nc54)[C@H](O)[C@@H]3O)O[C@H]1N2. The van der Waals surface area contributed by atoms with Crippen molar-refractivity contribution in [2.45, 2.75) is 48.2 Å². The van der Waals surface area contributed by atoms with Crippen LogP contribution in [0.25, 0.3) is 11.2 Å². The largest absolute Gasteiger partial charge is 0.481 e. The van der Waals surface area contributed by atoms with Crippen LogP contribution in [-0.4, -0.2) is 110 Å². The molecule has 3 aromatic heterocycles. The molecule has 0 bridgehead atoms. The minimum Gasteiger partial charge on any atom is -0.387 e. The lowest BCUT2D eigenvalue weighted by Crippen LogP contribution is -2.61. The van der Waals surface area contributed by atoms with Gasteiger partial charge in [0.2, 0.25) is 11.9 Å². The summed E-state index contributed by atoms with van der Waals surface area (Å²) in [6.45, 7) is -1.64. The third-order valence-corrected chi connectivity index (χ3v) is 11.1. The first kappa shape index (κ1) is 33.9. The van der Waals surface area contributed by atoms with Crippen LogP contribution in [0, 0.1) is 0 Å². The molecule has 47 heavy (non-hydrogen) atoms. The van der Waals surface area contributed by atoms with E-state index in [2.05, 4.69) is 52.5 Å². The molecule has 0 radical (unpaired) electrons. The molecule has 10 atom stereocenters. The van der Waals surface area contributed by atoms with Gasteiger partial charge in [-0.1, -0.05) is 12.2 Å². The number of ether oxygens (including phenoxy) is 2. The Morgan fingerprint density at radius 2 is 1.62 bits per heavy atom. The second kappa shape index (κ2) is 12.5. The number of rotatable bonds is 9. The van der Waals surface area contributed by atoms with Gasteiger partial charge in [-0.05, 0) is 0 Å². The van der Waals surface area contributed by atoms with Crippen molar-refractivity contribution in [1.82, 2.24) is 29.5 Å². The number of fused-ring (bicyclic) bond motifs is 3. The third-order valence-electron chi connectivity index (χ3n) is 7.16. The molecule has 0 saturated carbocycles. The molecule has 2 fully saturated rings. The molecule has 0 aromatic carbocycles. The maximum Gasteiger partial charge on any atom is 0.481 e. The lowest BCUT2D eigenvalue weighted by molar-refractivity contribution is -0.0508. The summed E-state index contributed by atoms with van der Waals surface area (Å²) in [5.74, 6) is -0.363. The molecule has 0 aliphatic carbocycles. The molecule has 3 aromatic rings. The summed E-state index contributed by atoms with van der Waals surface area (Å²) in [4.78, 5) is 61.2. The lowest BCUT2D eigenvalue weighted by Gasteiger charge is -2.43. The van der Waals surface area contributed by atoms with E-state index in [0.29, 0.717) is 0 Å². The minimum absolute atomic E-state index is 0.0585. The number of aromatic amines is 2. The van der Waals surface area contributed by atoms with E-state index in [1.165, 1.54) is 0 Å². The number of thiol groups is 1. The first-order chi connectivity index (χ1) is 22.0. The minimum atomic E-state index is -5.38. The van der Waals surface area contributed by atoms with E-state index in [1.807, 2.05) is 0 Å². The van der Waals surface area contributed by atoms with Crippen LogP contribution in [0.5, 0.6) is 0 Å². The first-order valence-corrected chi connectivity index (χ1v) is 17.1. The Balaban J connectivity index is 1.05. The number of nitrogen functional groups attached to an aromatic ring is 2. The van der Waals surface area contributed by atoms with Crippen LogP contribution < -0.4 is 33.2 Å². The molecular formula is C20H26N10O13P2S2. The van der Waals surface area contributed by atoms with Gasteiger partial charge in [-0.15, -0.1) is 0 Å². The van der Waals surface area contributed by atoms with Gasteiger partial charge in [0.25, 0.3) is 11.1 Å². The fourth-order valence-corrected chi connectivity index (χ4v) is 7.75. The van der Waals surface area contributed by atoms with Crippen molar-refractivity contribution >= 4 is 79.9 Å². The van der Waals surface area contributed by atoms with E-state index in [4.69, 9.17) is 42.2 Å². The molecule has 23 nitrogen and oxygen atoms in total. The number of thiocarbonyl (C=S) groups is 1. The number of nitrogens with zero attached hydrogens (tertiary/aromatic N) is 4. The maximum atomic E-state index is 12.6. The normalized spacial score (nSPS) is 31.3. The van der Waals surface area contributed by atoms with E-state index in [9.17, 15) is 38.7 Å². The molecule has 2 saturated heterocycles. The highest BCUT2D eigenvalue weighted by Gasteiger charge is 2.48. The van der Waals surface area contributed by atoms with Crippen molar-refractivity contribution in [1.29, 1.82) is 0 Å². The fraction of sp³-hybridized carbons (Fsp3) is 0.500. The number of hydrogen-bond donors (Lipinski definition) is 11. The van der Waals surface area contributed by atoms with Gasteiger partial charge in [0, 0.05) is 4.86 Å². The Kier molecular flexibility index (Phi) is 8.97. The molecule has 27 heteroatoms. The number of phosphoric ester groups is 2. The number of aliphatic hydroxyl groups is 2. The zero-order valence-corrected chi connectivity index (χ0v) is 26.8. The van der Waals surface area contributed by atoms with Crippen molar-refractivity contribution in [2.75, 3.05) is 35.3 Å². The predicted molar refractivity (Wildman–Crippen MR) is 165 cm³/mol. The van der Waals surface area contributed by atoms with Gasteiger partial charge in [0.15, 0.2) is 29.4 Å². The Labute approximate surface area is 271 Å². The molecule has 6 rings (SSSR count). The number of aromatic nitrogens is 6. The van der Waals surface area contributed by atoms with E-state index in [1.54, 1.807) is 0 Å². The van der Waals surface area contributed by atoms with Crippen molar-refractivity contribution in [3.63, 3.8) is 0 Å². The highest BCUT2D eigenvalue weighted by molar-refractivity contribution is 7.87. The van der Waals surface area contributed by atoms with Crippen LogP contribution in [-0.2, 0) is 32.0 Å². The van der Waals surface area contributed by atoms with Gasteiger partial charge in [-0.25, -0.2) is 14.1 Å². The molecule has 0 amide bonds. The van der Waals surface area contributed by atoms with Crippen LogP contribution in [0.3, 0.4) is 0 Å². The molecule has 12 N–H and O–H groups in total. The second-order valence-electron chi connectivity index (χ2n) is 10.3. The van der Waals surface area contributed by atoms with Crippen LogP contribution in [0.2, 0.25) is 0 Å². The fourth-order valence-electron chi connectivity index (χ4n) is 5.01. The summed E-state index contributed by atoms with van der Waals surface area (Å²) >= 11 is 9.84. The van der Waals surface area contributed by atoms with Crippen molar-refractivity contribution in [3.05, 3.63) is 27.0 Å². The van der Waals surface area contributed by atoms with Crippen LogP contribution in [0.1, 0.15) is 6.23 Å². The molecule has 3 aliphatic rings. The first-order valence-electron chi connectivity index (χ1n) is 13.2. The van der Waals surface area contributed by atoms with E-state index < -0.39 is 88.1 Å². The summed E-state index contributed by atoms with van der Waals surface area (Å²) < 4.78 is 51.6. The average molecular weight is 741 g/mol. The summed E-state index contributed by atoms with van der Waals surface area (Å²) in [7, 11) is -10.7. The van der Waals surface area contributed by atoms with Crippen LogP contribution >= 0.6 is 40.5 Å². The molecule has 3 aliphatic heterocycles. The van der Waals surface area contributed by atoms with Gasteiger partial charge in [-0.2, -0.15) is 26.9 Å². The summed E-state index contributed by atoms with van der Waals surface area (Å²) in [6.07, 6.45) is -7.20. The van der Waals surface area contributed by atoms with E-state index in [-0.39, 0.29) is 39.4 Å². The summed E-state index contributed by atoms with van der Waals surface area (Å²) in [6, 6.07) is -0.748. The summed E-state index contributed by atoms with van der Waals surface area (Å²) in [5.41, 5.74) is 9.75. The highest BCUT2D eigenvalue weighted by Crippen LogP contribution is 2.60. The zero-order valence-electron chi connectivity index (χ0n) is 23.3. The number of nitrogens with two attached hydrogens (primary N) is 2. The molecule has 256 valence electrons. The molecule has 6 heterocycles. The van der Waals surface area contributed by atoms with E-state index in [0.717, 1.165) is 10.9 Å². The van der Waals surface area contributed by atoms with Gasteiger partial charge >= 0.3 is 15.6 Å². The second-order valence-corrected chi connectivity index (χ2v) is 14.4. The Morgan fingerprint density at radius 1 is 0.979 bits per heavy atom. The van der Waals surface area contributed by atoms with E-state index >= 15 is 0 Å². The van der Waals surface area contributed by atoms with Gasteiger partial charge < -0.3 is 51.6 Å². The smallest absolute Gasteiger partial charge is 0.387 e. The predicted octanol–water partition coefficient (Wildman–Crippen LogP) is -2.46. The standard InChI is InChI=1S/C20H26N10O13P2S2/c21-19-26-13-7(15(33)28-19)24-6-12(47)11(46)5(41-17(6)25-13)2-40-45(37,38)43-44(35,36)39-1-4-9(31)10(32)18(42-4)30-3-23-8-14(30)27-20(22)29-16(8)34/h3-6,9-11,17-18,24,31-32,46H,1-2H2,(H,35,36)(H,37,38)(H3,22,27,29,34)(H4,21,25,26,28,33)/t4-,5-,6+,9-,10-,11?,17-,18-/m1/s1. The summed E-state index contributed by atoms with van der Waals surface area (Å²) in [5, 5.41) is 25.9. The third kappa shape index (κ3) is 6.67. The zero-order chi connectivity index (χ0) is 34.0. The number of H-pyrrole nitrogens is 2. The van der Waals surface area contributed by atoms with Crippen LogP contribution in [0.4, 0.5) is 23.4 Å². The Morgan fingerprint density at radius 3 is 2.32 bits per heavy atom. The Bertz CT molecular complexity index is 1940. The maximum absolute atomic E-state index is 12.6. The lowest BCUT2D eigenvalue weighted by atomic mass is 10.00. The molecular weight excluding hydrogens is 714 g/mol. The van der Waals surface area contributed by atoms with Crippen molar-refractivity contribution in [3.8, 4) is 0 Å². The molecule has 3 unspecified atom stereocenters. The number of nitrogens with one attached hydrogen (secondary N) is 4. The van der Waals surface area contributed by atoms with Gasteiger partial charge in [0.05, 0.1) is 24.8 Å². The Hall–Kier alpha value is -3.03. The quantitative estimate of drug-likeness (QED) is 0.0615. The number of phosphoric acid groups is 2. The number of hydrogen-bond acceptors (Lipinski definition) is 20. The monoisotopic (exact) mass is 740 g/mol. The van der Waals surface area contributed by atoms with Gasteiger partial charge in [-0.3, -0.25) is 33.2 Å². The topological polar surface area (TPSA) is 347 Å². The highest BCUT2D eigenvalue weighted by atomic mass is 32.1. The number of anilines is 4. The van der Waals surface area contributed by atoms with Crippen molar-refractivity contribution < 1.29 is 52.0 Å². The average Bonchev–Trinajstić information content (AvgIpc) is 3.52. The van der Waals surface area contributed by atoms with Gasteiger partial charge in [0.1, 0.15) is 36.1 Å². The number of aliphatic hydroxyl groups excluding tert-OH is 2. The number of imidazole rings is 1. The van der Waals surface area contributed by atoms with Crippen LogP contribution in [0.15, 0.2) is 15.9 Å². The van der Waals surface area contributed by atoms with Crippen molar-refractivity contribution in [2.24, 2.45) is 0 Å².